The number of benzene rings is 7. The number of fused-ring (bicyclic) bond motifs is 6. The number of hydrogen-bond acceptors (Lipinski definition) is 4. The summed E-state index contributed by atoms with van der Waals surface area (Å²) in [7, 11) is 0. The molecule has 2 aromatic heterocycles. The van der Waals surface area contributed by atoms with Crippen molar-refractivity contribution in [1.82, 2.24) is 15.0 Å². The molecule has 0 aliphatic heterocycles. The molecule has 2 heterocycles. The molecule has 200 valence electrons. The lowest BCUT2D eigenvalue weighted by Gasteiger charge is -2.10. The molecule has 0 bridgehead atoms. The molecule has 0 saturated carbocycles. The predicted octanol–water partition coefficient (Wildman–Crippen LogP) is 10.2. The monoisotopic (exact) mass is 549 g/mol. The summed E-state index contributed by atoms with van der Waals surface area (Å²) in [5, 5.41) is 9.00. The average Bonchev–Trinajstić information content (AvgIpc) is 3.44. The van der Waals surface area contributed by atoms with Crippen LogP contribution >= 0.6 is 0 Å². The summed E-state index contributed by atoms with van der Waals surface area (Å²) in [5.74, 6) is 1.88. The van der Waals surface area contributed by atoms with Crippen LogP contribution in [0.5, 0.6) is 0 Å². The van der Waals surface area contributed by atoms with Crippen molar-refractivity contribution in [3.63, 3.8) is 0 Å². The Bertz CT molecular complexity index is 2430. The molecule has 9 aromatic rings. The standard InChI is InChI=1S/C39H23N3O/c1-3-10-26-20-30(18-16-24(26)8-1)37-40-38(31-19-17-25-9-2-4-11-27(25)21-31)42-39(41-37)32-14-7-15-34-36(32)33-22-28-12-5-6-13-29(28)23-35(33)43-34/h1-23H. The third-order valence-electron chi connectivity index (χ3n) is 8.26. The van der Waals surface area contributed by atoms with Gasteiger partial charge >= 0.3 is 0 Å². The van der Waals surface area contributed by atoms with Crippen LogP contribution in [0.3, 0.4) is 0 Å². The van der Waals surface area contributed by atoms with Crippen molar-refractivity contribution in [2.75, 3.05) is 0 Å². The first kappa shape index (κ1) is 23.8. The fourth-order valence-electron chi connectivity index (χ4n) is 6.11. The lowest BCUT2D eigenvalue weighted by molar-refractivity contribution is 0.669. The van der Waals surface area contributed by atoms with E-state index >= 15 is 0 Å². The Morgan fingerprint density at radius 2 is 0.884 bits per heavy atom. The van der Waals surface area contributed by atoms with E-state index in [2.05, 4.69) is 127 Å². The lowest BCUT2D eigenvalue weighted by atomic mass is 10.0. The smallest absolute Gasteiger partial charge is 0.164 e. The molecule has 7 aromatic carbocycles. The first-order valence-electron chi connectivity index (χ1n) is 14.4. The zero-order chi connectivity index (χ0) is 28.3. The van der Waals surface area contributed by atoms with E-state index in [9.17, 15) is 0 Å². The van der Waals surface area contributed by atoms with Gasteiger partial charge in [0, 0.05) is 27.5 Å². The van der Waals surface area contributed by atoms with Crippen molar-refractivity contribution in [3.05, 3.63) is 140 Å². The minimum absolute atomic E-state index is 0.614. The summed E-state index contributed by atoms with van der Waals surface area (Å²) in [4.78, 5) is 15.2. The van der Waals surface area contributed by atoms with Gasteiger partial charge in [-0.05, 0) is 62.6 Å². The van der Waals surface area contributed by atoms with E-state index in [-0.39, 0.29) is 0 Å². The van der Waals surface area contributed by atoms with Crippen molar-refractivity contribution in [2.45, 2.75) is 0 Å². The molecule has 0 unspecified atom stereocenters. The highest BCUT2D eigenvalue weighted by molar-refractivity contribution is 6.15. The first-order chi connectivity index (χ1) is 21.3. The first-order valence-corrected chi connectivity index (χ1v) is 14.4. The summed E-state index contributed by atoms with van der Waals surface area (Å²) in [6, 6.07) is 48.2. The van der Waals surface area contributed by atoms with Crippen LogP contribution in [-0.2, 0) is 0 Å². The van der Waals surface area contributed by atoms with E-state index in [0.29, 0.717) is 17.5 Å². The Balaban J connectivity index is 1.32. The van der Waals surface area contributed by atoms with Crippen molar-refractivity contribution in [3.8, 4) is 34.2 Å². The SMILES string of the molecule is c1ccc2cc(-c3nc(-c4ccc5ccccc5c4)nc(-c4cccc5oc6cc7ccccc7cc6c45)n3)ccc2c1. The van der Waals surface area contributed by atoms with Gasteiger partial charge in [0.15, 0.2) is 17.5 Å². The molecule has 0 saturated heterocycles. The van der Waals surface area contributed by atoms with Crippen LogP contribution in [0.15, 0.2) is 144 Å². The summed E-state index contributed by atoms with van der Waals surface area (Å²) in [6.07, 6.45) is 0. The zero-order valence-electron chi connectivity index (χ0n) is 23.0. The second-order valence-electron chi connectivity index (χ2n) is 10.9. The molecule has 0 aliphatic rings. The van der Waals surface area contributed by atoms with Crippen molar-refractivity contribution in [1.29, 1.82) is 0 Å². The summed E-state index contributed by atoms with van der Waals surface area (Å²) >= 11 is 0. The quantitative estimate of drug-likeness (QED) is 0.220. The van der Waals surface area contributed by atoms with Gasteiger partial charge in [0.25, 0.3) is 0 Å². The number of furan rings is 1. The van der Waals surface area contributed by atoms with E-state index in [1.807, 2.05) is 12.1 Å². The van der Waals surface area contributed by atoms with Gasteiger partial charge in [-0.25, -0.2) is 15.0 Å². The van der Waals surface area contributed by atoms with Crippen molar-refractivity contribution >= 4 is 54.3 Å². The van der Waals surface area contributed by atoms with Crippen LogP contribution in [0, 0.1) is 0 Å². The van der Waals surface area contributed by atoms with Crippen LogP contribution in [0.25, 0.3) is 88.4 Å². The zero-order valence-corrected chi connectivity index (χ0v) is 23.0. The molecular formula is C39H23N3O. The summed E-state index contributed by atoms with van der Waals surface area (Å²) in [5.41, 5.74) is 4.46. The molecule has 0 amide bonds. The molecule has 0 N–H and O–H groups in total. The Kier molecular flexibility index (Phi) is 5.16. The van der Waals surface area contributed by atoms with Gasteiger partial charge < -0.3 is 4.42 Å². The minimum atomic E-state index is 0.614. The number of nitrogens with zero attached hydrogens (tertiary/aromatic N) is 3. The molecule has 0 aliphatic carbocycles. The third-order valence-corrected chi connectivity index (χ3v) is 8.26. The Morgan fingerprint density at radius 1 is 0.372 bits per heavy atom. The lowest BCUT2D eigenvalue weighted by Crippen LogP contribution is -2.00. The van der Waals surface area contributed by atoms with E-state index in [4.69, 9.17) is 19.4 Å². The van der Waals surface area contributed by atoms with E-state index in [0.717, 1.165) is 60.2 Å². The summed E-state index contributed by atoms with van der Waals surface area (Å²) in [6.45, 7) is 0. The maximum absolute atomic E-state index is 6.38. The molecule has 9 rings (SSSR count). The predicted molar refractivity (Wildman–Crippen MR) is 176 cm³/mol. The van der Waals surface area contributed by atoms with Crippen LogP contribution < -0.4 is 0 Å². The number of rotatable bonds is 3. The van der Waals surface area contributed by atoms with E-state index < -0.39 is 0 Å². The van der Waals surface area contributed by atoms with Gasteiger partial charge in [-0.3, -0.25) is 0 Å². The Morgan fingerprint density at radius 3 is 1.49 bits per heavy atom. The maximum atomic E-state index is 6.38. The van der Waals surface area contributed by atoms with Crippen molar-refractivity contribution < 1.29 is 4.42 Å². The largest absolute Gasteiger partial charge is 0.456 e. The number of hydrogen-bond donors (Lipinski definition) is 0. The van der Waals surface area contributed by atoms with Gasteiger partial charge in [0.05, 0.1) is 0 Å². The van der Waals surface area contributed by atoms with E-state index in [1.54, 1.807) is 0 Å². The van der Waals surface area contributed by atoms with Crippen LogP contribution in [0.2, 0.25) is 0 Å². The molecule has 0 radical (unpaired) electrons. The highest BCUT2D eigenvalue weighted by Gasteiger charge is 2.18. The molecule has 0 spiro atoms. The fraction of sp³-hybridized carbons (Fsp3) is 0. The molecule has 43 heavy (non-hydrogen) atoms. The second kappa shape index (κ2) is 9.33. The second-order valence-corrected chi connectivity index (χ2v) is 10.9. The topological polar surface area (TPSA) is 51.8 Å². The third kappa shape index (κ3) is 3.96. The van der Waals surface area contributed by atoms with Gasteiger partial charge in [-0.2, -0.15) is 0 Å². The van der Waals surface area contributed by atoms with E-state index in [1.165, 1.54) is 10.8 Å². The van der Waals surface area contributed by atoms with Crippen LogP contribution in [0.4, 0.5) is 0 Å². The van der Waals surface area contributed by atoms with Crippen LogP contribution in [0.1, 0.15) is 0 Å². The highest BCUT2D eigenvalue weighted by Crippen LogP contribution is 2.38. The Labute approximate surface area is 246 Å². The number of aromatic nitrogens is 3. The molecule has 4 heteroatoms. The molecule has 0 fully saturated rings. The van der Waals surface area contributed by atoms with Gasteiger partial charge in [0.1, 0.15) is 11.2 Å². The molecular weight excluding hydrogens is 526 g/mol. The van der Waals surface area contributed by atoms with Gasteiger partial charge in [-0.15, -0.1) is 0 Å². The highest BCUT2D eigenvalue weighted by atomic mass is 16.3. The van der Waals surface area contributed by atoms with Gasteiger partial charge in [0.2, 0.25) is 0 Å². The summed E-state index contributed by atoms with van der Waals surface area (Å²) < 4.78 is 6.38. The van der Waals surface area contributed by atoms with Gasteiger partial charge in [-0.1, -0.05) is 109 Å². The maximum Gasteiger partial charge on any atom is 0.164 e. The van der Waals surface area contributed by atoms with Crippen LogP contribution in [-0.4, -0.2) is 15.0 Å². The fourth-order valence-corrected chi connectivity index (χ4v) is 6.11. The molecule has 4 nitrogen and oxygen atoms in total. The van der Waals surface area contributed by atoms with Crippen molar-refractivity contribution in [2.24, 2.45) is 0 Å². The normalized spacial score (nSPS) is 11.7. The molecule has 0 atom stereocenters. The average molecular weight is 550 g/mol. The Hall–Kier alpha value is -5.87. The minimum Gasteiger partial charge on any atom is -0.456 e.